The third-order valence-corrected chi connectivity index (χ3v) is 1.67. The molecule has 5 heteroatoms. The summed E-state index contributed by atoms with van der Waals surface area (Å²) < 4.78 is 9.35. The lowest BCUT2D eigenvalue weighted by Gasteiger charge is -2.07. The average Bonchev–Trinajstić information content (AvgIpc) is 2.19. The fraction of sp³-hybridized carbons (Fsp3) is 0.700. The number of nitrogens with zero attached hydrogens (tertiary/aromatic N) is 1. The van der Waals surface area contributed by atoms with Crippen LogP contribution in [0.3, 0.4) is 0 Å². The molecule has 0 aliphatic carbocycles. The van der Waals surface area contributed by atoms with E-state index in [4.69, 9.17) is 5.26 Å². The van der Waals surface area contributed by atoms with Gasteiger partial charge in [-0.05, 0) is 20.3 Å². The molecular weight excluding hydrogens is 198 g/mol. The summed E-state index contributed by atoms with van der Waals surface area (Å²) in [7, 11) is 0. The fourth-order valence-corrected chi connectivity index (χ4v) is 0.973. The van der Waals surface area contributed by atoms with Gasteiger partial charge in [0.1, 0.15) is 5.92 Å². The van der Waals surface area contributed by atoms with Gasteiger partial charge in [0.25, 0.3) is 0 Å². The van der Waals surface area contributed by atoms with Gasteiger partial charge in [-0.15, -0.1) is 0 Å². The van der Waals surface area contributed by atoms with Crippen molar-refractivity contribution in [3.8, 4) is 6.07 Å². The van der Waals surface area contributed by atoms with Gasteiger partial charge in [-0.2, -0.15) is 5.26 Å². The van der Waals surface area contributed by atoms with Gasteiger partial charge in [0.2, 0.25) is 0 Å². The molecule has 0 N–H and O–H groups in total. The molecule has 0 spiro atoms. The van der Waals surface area contributed by atoms with Crippen molar-refractivity contribution in [2.75, 3.05) is 13.2 Å². The molecule has 0 aromatic carbocycles. The van der Waals surface area contributed by atoms with Gasteiger partial charge >= 0.3 is 11.9 Å². The second kappa shape index (κ2) is 7.80. The third kappa shape index (κ3) is 5.68. The van der Waals surface area contributed by atoms with E-state index in [0.29, 0.717) is 6.61 Å². The minimum absolute atomic E-state index is 0.0604. The van der Waals surface area contributed by atoms with Crippen molar-refractivity contribution in [1.82, 2.24) is 0 Å². The second-order valence-corrected chi connectivity index (χ2v) is 2.78. The molecule has 0 radical (unpaired) electrons. The zero-order valence-electron chi connectivity index (χ0n) is 8.99. The summed E-state index contributed by atoms with van der Waals surface area (Å²) in [5.74, 6) is -1.86. The molecule has 0 aliphatic heterocycles. The molecule has 1 atom stereocenters. The minimum Gasteiger partial charge on any atom is -0.466 e. The Kier molecular flexibility index (Phi) is 6.98. The van der Waals surface area contributed by atoms with Gasteiger partial charge in [0, 0.05) is 6.42 Å². The van der Waals surface area contributed by atoms with Crippen molar-refractivity contribution in [1.29, 1.82) is 5.26 Å². The molecule has 0 bridgehead atoms. The summed E-state index contributed by atoms with van der Waals surface area (Å²) in [5, 5.41) is 8.66. The summed E-state index contributed by atoms with van der Waals surface area (Å²) in [5.41, 5.74) is 0. The Balaban J connectivity index is 3.96. The zero-order chi connectivity index (χ0) is 11.7. The van der Waals surface area contributed by atoms with E-state index >= 15 is 0 Å². The Morgan fingerprint density at radius 3 is 2.33 bits per heavy atom. The molecule has 0 amide bonds. The summed E-state index contributed by atoms with van der Waals surface area (Å²) in [6, 6.07) is 1.80. The van der Waals surface area contributed by atoms with E-state index in [9.17, 15) is 9.59 Å². The molecule has 84 valence electrons. The van der Waals surface area contributed by atoms with E-state index in [1.807, 2.05) is 0 Å². The van der Waals surface area contributed by atoms with Crippen LogP contribution in [-0.2, 0) is 19.1 Å². The third-order valence-electron chi connectivity index (χ3n) is 1.67. The lowest BCUT2D eigenvalue weighted by atomic mass is 10.1. The van der Waals surface area contributed by atoms with Crippen molar-refractivity contribution in [2.24, 2.45) is 5.92 Å². The van der Waals surface area contributed by atoms with Crippen LogP contribution in [0.5, 0.6) is 0 Å². The molecular formula is C10H15NO4. The van der Waals surface area contributed by atoms with E-state index in [0.717, 1.165) is 0 Å². The highest BCUT2D eigenvalue weighted by Crippen LogP contribution is 2.08. The smallest absolute Gasteiger partial charge is 0.323 e. The van der Waals surface area contributed by atoms with E-state index in [-0.39, 0.29) is 19.4 Å². The summed E-state index contributed by atoms with van der Waals surface area (Å²) in [6.07, 6.45) is 0.207. The summed E-state index contributed by atoms with van der Waals surface area (Å²) >= 11 is 0. The Morgan fingerprint density at radius 2 is 1.87 bits per heavy atom. The van der Waals surface area contributed by atoms with Crippen LogP contribution in [0.15, 0.2) is 0 Å². The topological polar surface area (TPSA) is 76.4 Å². The number of nitriles is 1. The van der Waals surface area contributed by atoms with Gasteiger partial charge in [-0.25, -0.2) is 0 Å². The van der Waals surface area contributed by atoms with Gasteiger partial charge in [-0.1, -0.05) is 0 Å². The Labute approximate surface area is 89.0 Å². The van der Waals surface area contributed by atoms with E-state index in [1.165, 1.54) is 0 Å². The number of ether oxygens (including phenoxy) is 2. The fourth-order valence-electron chi connectivity index (χ4n) is 0.973. The Morgan fingerprint density at radius 1 is 1.27 bits per heavy atom. The summed E-state index contributed by atoms with van der Waals surface area (Å²) in [4.78, 5) is 22.1. The van der Waals surface area contributed by atoms with Crippen LogP contribution < -0.4 is 0 Å². The number of carbonyl (C=O) groups excluding carboxylic acids is 2. The van der Waals surface area contributed by atoms with Crippen LogP contribution in [0.4, 0.5) is 0 Å². The quantitative estimate of drug-likeness (QED) is 0.616. The number of esters is 2. The minimum atomic E-state index is -0.880. The molecule has 0 heterocycles. The van der Waals surface area contributed by atoms with Crippen molar-refractivity contribution in [3.63, 3.8) is 0 Å². The molecule has 0 aliphatic rings. The van der Waals surface area contributed by atoms with E-state index < -0.39 is 17.9 Å². The highest BCUT2D eigenvalue weighted by Gasteiger charge is 2.20. The maximum Gasteiger partial charge on any atom is 0.323 e. The maximum absolute atomic E-state index is 11.1. The molecule has 0 saturated carbocycles. The number of rotatable bonds is 6. The maximum atomic E-state index is 11.1. The van der Waals surface area contributed by atoms with Crippen molar-refractivity contribution < 1.29 is 19.1 Å². The molecule has 0 aromatic heterocycles. The first-order valence-corrected chi connectivity index (χ1v) is 4.87. The molecule has 15 heavy (non-hydrogen) atoms. The van der Waals surface area contributed by atoms with Crippen LogP contribution in [0.1, 0.15) is 26.7 Å². The average molecular weight is 213 g/mol. The molecule has 0 rings (SSSR count). The first kappa shape index (κ1) is 13.4. The first-order valence-electron chi connectivity index (χ1n) is 4.87. The van der Waals surface area contributed by atoms with Crippen LogP contribution in [-0.4, -0.2) is 25.2 Å². The SMILES string of the molecule is CCOC(=O)CC[C@@H](C#N)C(=O)OCC. The molecule has 0 fully saturated rings. The lowest BCUT2D eigenvalue weighted by Crippen LogP contribution is -2.18. The second-order valence-electron chi connectivity index (χ2n) is 2.78. The number of hydrogen-bond acceptors (Lipinski definition) is 5. The lowest BCUT2D eigenvalue weighted by molar-refractivity contribution is -0.147. The van der Waals surface area contributed by atoms with Crippen LogP contribution in [0.25, 0.3) is 0 Å². The Hall–Kier alpha value is -1.57. The Bertz CT molecular complexity index is 257. The standard InChI is InChI=1S/C10H15NO4/c1-3-14-9(12)6-5-8(7-11)10(13)15-4-2/h8H,3-6H2,1-2H3/t8-/m0/s1. The normalized spacial score (nSPS) is 11.3. The molecule has 0 saturated heterocycles. The predicted octanol–water partition coefficient (Wildman–Crippen LogP) is 1.03. The van der Waals surface area contributed by atoms with Gasteiger partial charge in [0.15, 0.2) is 0 Å². The molecule has 0 unspecified atom stereocenters. The van der Waals surface area contributed by atoms with Crippen LogP contribution in [0, 0.1) is 17.2 Å². The van der Waals surface area contributed by atoms with Crippen molar-refractivity contribution in [2.45, 2.75) is 26.7 Å². The first-order chi connectivity index (χ1) is 7.15. The van der Waals surface area contributed by atoms with Crippen LogP contribution >= 0.6 is 0 Å². The summed E-state index contributed by atoms with van der Waals surface area (Å²) in [6.45, 7) is 3.90. The van der Waals surface area contributed by atoms with Crippen molar-refractivity contribution >= 4 is 11.9 Å². The van der Waals surface area contributed by atoms with Gasteiger partial charge in [-0.3, -0.25) is 9.59 Å². The largest absolute Gasteiger partial charge is 0.466 e. The highest BCUT2D eigenvalue weighted by atomic mass is 16.5. The highest BCUT2D eigenvalue weighted by molar-refractivity contribution is 5.76. The zero-order valence-corrected chi connectivity index (χ0v) is 8.99. The van der Waals surface area contributed by atoms with Gasteiger partial charge < -0.3 is 9.47 Å². The van der Waals surface area contributed by atoms with Gasteiger partial charge in [0.05, 0.1) is 19.3 Å². The molecule has 5 nitrogen and oxygen atoms in total. The number of carbonyl (C=O) groups is 2. The molecule has 0 aromatic rings. The van der Waals surface area contributed by atoms with E-state index in [2.05, 4.69) is 9.47 Å². The van der Waals surface area contributed by atoms with Crippen LogP contribution in [0.2, 0.25) is 0 Å². The van der Waals surface area contributed by atoms with Crippen molar-refractivity contribution in [3.05, 3.63) is 0 Å². The van der Waals surface area contributed by atoms with E-state index in [1.54, 1.807) is 19.9 Å². The number of hydrogen-bond donors (Lipinski definition) is 0. The monoisotopic (exact) mass is 213 g/mol. The predicted molar refractivity (Wildman–Crippen MR) is 51.6 cm³/mol.